The molecule has 0 heterocycles. The number of hydrogen-bond donors (Lipinski definition) is 0. The van der Waals surface area contributed by atoms with E-state index in [1.165, 1.54) is 6.92 Å². The molecule has 0 unspecified atom stereocenters. The van der Waals surface area contributed by atoms with Gasteiger partial charge in [0.15, 0.2) is 5.78 Å². The van der Waals surface area contributed by atoms with Gasteiger partial charge < -0.3 is 9.47 Å². The first-order valence-corrected chi connectivity index (χ1v) is 6.66. The maximum absolute atomic E-state index is 11.5. The van der Waals surface area contributed by atoms with Crippen LogP contribution in [0.25, 0.3) is 0 Å². The largest absolute Gasteiger partial charge is 0.490 e. The molecule has 2 aromatic rings. The maximum atomic E-state index is 11.5. The quantitative estimate of drug-likeness (QED) is 0.596. The van der Waals surface area contributed by atoms with Crippen molar-refractivity contribution < 1.29 is 14.3 Å². The summed E-state index contributed by atoms with van der Waals surface area (Å²) in [6.07, 6.45) is 0. The van der Waals surface area contributed by atoms with Crippen LogP contribution in [0.15, 0.2) is 48.5 Å². The second-order valence-corrected chi connectivity index (χ2v) is 4.64. The fraction of sp³-hybridized carbons (Fsp3) is 0.188. The average Bonchev–Trinajstić information content (AvgIpc) is 2.45. The average molecular weight is 291 g/mol. The van der Waals surface area contributed by atoms with E-state index < -0.39 is 0 Å². The molecule has 0 aliphatic rings. The highest BCUT2D eigenvalue weighted by molar-refractivity contribution is 6.31. The Balaban J connectivity index is 1.90. The number of carbonyl (C=O) groups is 1. The third-order valence-electron chi connectivity index (χ3n) is 2.67. The van der Waals surface area contributed by atoms with Crippen molar-refractivity contribution in [3.8, 4) is 11.5 Å². The van der Waals surface area contributed by atoms with Gasteiger partial charge in [0.25, 0.3) is 0 Å². The molecule has 0 N–H and O–H groups in total. The molecule has 0 fully saturated rings. The normalized spacial score (nSPS) is 10.1. The number of halogens is 1. The van der Waals surface area contributed by atoms with Gasteiger partial charge >= 0.3 is 0 Å². The van der Waals surface area contributed by atoms with Gasteiger partial charge in [0, 0.05) is 5.02 Å². The summed E-state index contributed by atoms with van der Waals surface area (Å²) < 4.78 is 11.1. The van der Waals surface area contributed by atoms with Crippen LogP contribution in [0.3, 0.4) is 0 Å². The van der Waals surface area contributed by atoms with Crippen molar-refractivity contribution in [2.24, 2.45) is 0 Å². The number of benzene rings is 2. The van der Waals surface area contributed by atoms with Crippen LogP contribution < -0.4 is 9.47 Å². The molecule has 0 atom stereocenters. The van der Waals surface area contributed by atoms with Crippen molar-refractivity contribution in [1.82, 2.24) is 0 Å². The van der Waals surface area contributed by atoms with Crippen LogP contribution in [-0.4, -0.2) is 19.0 Å². The predicted octanol–water partition coefficient (Wildman–Crippen LogP) is 4.00. The van der Waals surface area contributed by atoms with E-state index in [2.05, 4.69) is 0 Å². The SMILES string of the molecule is CC(=O)c1cc(Cl)ccc1OCCOc1ccccc1. The number of ether oxygens (including phenoxy) is 2. The third kappa shape index (κ3) is 4.00. The molecule has 2 rings (SSSR count). The Kier molecular flexibility index (Phi) is 5.02. The Labute approximate surface area is 123 Å². The molecule has 3 nitrogen and oxygen atoms in total. The van der Waals surface area contributed by atoms with E-state index in [0.717, 1.165) is 5.75 Å². The fourth-order valence-electron chi connectivity index (χ4n) is 1.73. The number of para-hydroxylation sites is 1. The molecule has 0 aliphatic carbocycles. The monoisotopic (exact) mass is 290 g/mol. The number of Topliss-reactive ketones (excluding diaryl/α,β-unsaturated/α-hetero) is 1. The number of carbonyl (C=O) groups excluding carboxylic acids is 1. The lowest BCUT2D eigenvalue weighted by Gasteiger charge is -2.11. The first kappa shape index (κ1) is 14.4. The van der Waals surface area contributed by atoms with Crippen LogP contribution in [0.2, 0.25) is 5.02 Å². The highest BCUT2D eigenvalue weighted by Crippen LogP contribution is 2.23. The lowest BCUT2D eigenvalue weighted by atomic mass is 10.1. The van der Waals surface area contributed by atoms with Crippen molar-refractivity contribution in [2.75, 3.05) is 13.2 Å². The van der Waals surface area contributed by atoms with Crippen LogP contribution in [0.4, 0.5) is 0 Å². The summed E-state index contributed by atoms with van der Waals surface area (Å²) in [5.74, 6) is 1.24. The lowest BCUT2D eigenvalue weighted by molar-refractivity contribution is 0.101. The van der Waals surface area contributed by atoms with E-state index >= 15 is 0 Å². The van der Waals surface area contributed by atoms with Gasteiger partial charge in [-0.3, -0.25) is 4.79 Å². The van der Waals surface area contributed by atoms with E-state index in [-0.39, 0.29) is 5.78 Å². The van der Waals surface area contributed by atoms with Crippen LogP contribution in [0.1, 0.15) is 17.3 Å². The zero-order valence-electron chi connectivity index (χ0n) is 11.1. The first-order chi connectivity index (χ1) is 9.66. The molecule has 0 amide bonds. The molecule has 0 aliphatic heterocycles. The second-order valence-electron chi connectivity index (χ2n) is 4.21. The van der Waals surface area contributed by atoms with Gasteiger partial charge in [0.1, 0.15) is 24.7 Å². The van der Waals surface area contributed by atoms with Gasteiger partial charge in [-0.25, -0.2) is 0 Å². The Hall–Kier alpha value is -2.00. The molecule has 2 aromatic carbocycles. The molecule has 0 spiro atoms. The van der Waals surface area contributed by atoms with E-state index in [0.29, 0.717) is 29.5 Å². The second kappa shape index (κ2) is 6.96. The summed E-state index contributed by atoms with van der Waals surface area (Å²) in [5.41, 5.74) is 0.484. The zero-order valence-corrected chi connectivity index (χ0v) is 11.9. The molecule has 20 heavy (non-hydrogen) atoms. The molecule has 0 aromatic heterocycles. The van der Waals surface area contributed by atoms with Crippen molar-refractivity contribution in [2.45, 2.75) is 6.92 Å². The number of hydrogen-bond acceptors (Lipinski definition) is 3. The van der Waals surface area contributed by atoms with Crippen LogP contribution in [-0.2, 0) is 0 Å². The third-order valence-corrected chi connectivity index (χ3v) is 2.91. The summed E-state index contributed by atoms with van der Waals surface area (Å²) in [6, 6.07) is 14.5. The minimum absolute atomic E-state index is 0.0773. The Bertz CT molecular complexity index is 582. The van der Waals surface area contributed by atoms with Crippen molar-refractivity contribution in [3.05, 3.63) is 59.1 Å². The van der Waals surface area contributed by atoms with Crippen molar-refractivity contribution in [1.29, 1.82) is 0 Å². The summed E-state index contributed by atoms with van der Waals surface area (Å²) in [7, 11) is 0. The van der Waals surface area contributed by atoms with Gasteiger partial charge in [0.05, 0.1) is 5.56 Å². The minimum Gasteiger partial charge on any atom is -0.490 e. The van der Waals surface area contributed by atoms with Gasteiger partial charge in [-0.15, -0.1) is 0 Å². The molecule has 4 heteroatoms. The van der Waals surface area contributed by atoms with Gasteiger partial charge in [-0.05, 0) is 37.3 Å². The van der Waals surface area contributed by atoms with Crippen molar-refractivity contribution in [3.63, 3.8) is 0 Å². The van der Waals surface area contributed by atoms with Gasteiger partial charge in [-0.2, -0.15) is 0 Å². The van der Waals surface area contributed by atoms with Crippen LogP contribution in [0, 0.1) is 0 Å². The molecule has 104 valence electrons. The van der Waals surface area contributed by atoms with Crippen LogP contribution >= 0.6 is 11.6 Å². The predicted molar refractivity (Wildman–Crippen MR) is 78.9 cm³/mol. The Morgan fingerprint density at radius 1 is 1.05 bits per heavy atom. The summed E-state index contributed by atoms with van der Waals surface area (Å²) in [6.45, 7) is 2.25. The lowest BCUT2D eigenvalue weighted by Crippen LogP contribution is -2.10. The number of ketones is 1. The Morgan fingerprint density at radius 3 is 2.45 bits per heavy atom. The smallest absolute Gasteiger partial charge is 0.163 e. The van der Waals surface area contributed by atoms with E-state index in [1.807, 2.05) is 30.3 Å². The van der Waals surface area contributed by atoms with Gasteiger partial charge in [-0.1, -0.05) is 29.8 Å². The van der Waals surface area contributed by atoms with E-state index in [1.54, 1.807) is 18.2 Å². The summed E-state index contributed by atoms with van der Waals surface area (Å²) in [5, 5.41) is 0.517. The molecule has 0 saturated heterocycles. The molecule has 0 saturated carbocycles. The number of rotatable bonds is 6. The standard InChI is InChI=1S/C16H15ClO3/c1-12(18)15-11-13(17)7-8-16(15)20-10-9-19-14-5-3-2-4-6-14/h2-8,11H,9-10H2,1H3. The fourth-order valence-corrected chi connectivity index (χ4v) is 1.90. The molecular formula is C16H15ClO3. The topological polar surface area (TPSA) is 35.5 Å². The molecule has 0 bridgehead atoms. The highest BCUT2D eigenvalue weighted by atomic mass is 35.5. The molecular weight excluding hydrogens is 276 g/mol. The van der Waals surface area contributed by atoms with E-state index in [9.17, 15) is 4.79 Å². The molecule has 0 radical (unpaired) electrons. The Morgan fingerprint density at radius 2 is 1.75 bits per heavy atom. The highest BCUT2D eigenvalue weighted by Gasteiger charge is 2.09. The maximum Gasteiger partial charge on any atom is 0.163 e. The van der Waals surface area contributed by atoms with Crippen molar-refractivity contribution >= 4 is 17.4 Å². The summed E-state index contributed by atoms with van der Waals surface area (Å²) in [4.78, 5) is 11.5. The first-order valence-electron chi connectivity index (χ1n) is 6.28. The van der Waals surface area contributed by atoms with Crippen LogP contribution in [0.5, 0.6) is 11.5 Å². The minimum atomic E-state index is -0.0773. The zero-order chi connectivity index (χ0) is 14.4. The van der Waals surface area contributed by atoms with Gasteiger partial charge in [0.2, 0.25) is 0 Å². The van der Waals surface area contributed by atoms with E-state index in [4.69, 9.17) is 21.1 Å². The summed E-state index contributed by atoms with van der Waals surface area (Å²) >= 11 is 5.87.